The second-order valence-electron chi connectivity index (χ2n) is 7.34. The molecule has 1 aromatic heterocycles. The third-order valence-corrected chi connectivity index (χ3v) is 6.72. The number of carbonyl (C=O) groups excluding carboxylic acids is 1. The molecule has 2 heterocycles. The Labute approximate surface area is 193 Å². The minimum absolute atomic E-state index is 0.0305. The lowest BCUT2D eigenvalue weighted by Crippen LogP contribution is -2.30. The van der Waals surface area contributed by atoms with Gasteiger partial charge < -0.3 is 10.1 Å². The van der Waals surface area contributed by atoms with Crippen LogP contribution < -0.4 is 10.9 Å². The van der Waals surface area contributed by atoms with Crippen molar-refractivity contribution < 1.29 is 9.53 Å². The molecule has 0 saturated carbocycles. The van der Waals surface area contributed by atoms with E-state index in [-0.39, 0.29) is 17.6 Å². The van der Waals surface area contributed by atoms with Crippen molar-refractivity contribution in [2.24, 2.45) is 0 Å². The summed E-state index contributed by atoms with van der Waals surface area (Å²) in [6.45, 7) is 2.88. The monoisotopic (exact) mass is 477 g/mol. The molecule has 2 atom stereocenters. The molecule has 1 aliphatic heterocycles. The number of hydrogen-bond donors (Lipinski definition) is 1. The predicted octanol–water partition coefficient (Wildman–Crippen LogP) is 5.00. The summed E-state index contributed by atoms with van der Waals surface area (Å²) >= 11 is 13.3. The van der Waals surface area contributed by atoms with Crippen LogP contribution in [0, 0.1) is 0 Å². The molecule has 0 bridgehead atoms. The van der Waals surface area contributed by atoms with Gasteiger partial charge in [-0.2, -0.15) is 0 Å². The van der Waals surface area contributed by atoms with Crippen LogP contribution in [0.3, 0.4) is 0 Å². The number of ether oxygens (including phenoxy) is 1. The van der Waals surface area contributed by atoms with Crippen molar-refractivity contribution in [3.8, 4) is 0 Å². The normalized spacial score (nSPS) is 17.1. The summed E-state index contributed by atoms with van der Waals surface area (Å²) in [7, 11) is 0. The summed E-state index contributed by atoms with van der Waals surface area (Å²) in [5.41, 5.74) is 0.954. The van der Waals surface area contributed by atoms with Crippen molar-refractivity contribution in [2.45, 2.75) is 42.8 Å². The molecule has 1 aliphatic rings. The summed E-state index contributed by atoms with van der Waals surface area (Å²) < 4.78 is 7.36. The number of thioether (sulfide) groups is 1. The Morgan fingerprint density at radius 1 is 1.32 bits per heavy atom. The Morgan fingerprint density at radius 3 is 2.87 bits per heavy atom. The lowest BCUT2D eigenvalue weighted by atomic mass is 10.2. The molecule has 2 aromatic carbocycles. The lowest BCUT2D eigenvalue weighted by molar-refractivity contribution is -0.115. The summed E-state index contributed by atoms with van der Waals surface area (Å²) in [6.07, 6.45) is 1.84. The maximum atomic E-state index is 13.2. The van der Waals surface area contributed by atoms with Crippen molar-refractivity contribution in [1.29, 1.82) is 0 Å². The number of anilines is 1. The van der Waals surface area contributed by atoms with E-state index >= 15 is 0 Å². The number of aromatic nitrogens is 2. The minimum atomic E-state index is -0.518. The number of rotatable bonds is 6. The van der Waals surface area contributed by atoms with Gasteiger partial charge in [-0.05, 0) is 50.1 Å². The van der Waals surface area contributed by atoms with Crippen LogP contribution in [0.4, 0.5) is 5.69 Å². The maximum Gasteiger partial charge on any atom is 0.262 e. The molecule has 4 rings (SSSR count). The fraction of sp³-hybridized carbons (Fsp3) is 0.318. The number of halogens is 2. The Hall–Kier alpha value is -2.06. The maximum absolute atomic E-state index is 13.2. The number of nitrogens with zero attached hydrogens (tertiary/aromatic N) is 2. The van der Waals surface area contributed by atoms with Crippen LogP contribution in [0.25, 0.3) is 10.9 Å². The van der Waals surface area contributed by atoms with E-state index in [9.17, 15) is 9.59 Å². The van der Waals surface area contributed by atoms with Gasteiger partial charge in [0.05, 0.1) is 39.5 Å². The highest BCUT2D eigenvalue weighted by atomic mass is 35.5. The van der Waals surface area contributed by atoms with Crippen LogP contribution in [0.2, 0.25) is 10.0 Å². The van der Waals surface area contributed by atoms with Gasteiger partial charge >= 0.3 is 0 Å². The molecular weight excluding hydrogens is 457 g/mol. The molecular formula is C22H21Cl2N3O3S. The fourth-order valence-corrected chi connectivity index (χ4v) is 4.80. The smallest absolute Gasteiger partial charge is 0.262 e. The third-order valence-electron chi connectivity index (χ3n) is 5.08. The zero-order valence-electron chi connectivity index (χ0n) is 16.8. The van der Waals surface area contributed by atoms with Crippen LogP contribution in [-0.2, 0) is 16.1 Å². The van der Waals surface area contributed by atoms with Crippen molar-refractivity contribution in [2.75, 3.05) is 11.9 Å². The van der Waals surface area contributed by atoms with Gasteiger partial charge in [0.25, 0.3) is 5.56 Å². The molecule has 0 radical (unpaired) electrons. The quantitative estimate of drug-likeness (QED) is 0.399. The number of fused-ring (bicyclic) bond motifs is 1. The molecule has 1 saturated heterocycles. The highest BCUT2D eigenvalue weighted by molar-refractivity contribution is 8.00. The summed E-state index contributed by atoms with van der Waals surface area (Å²) in [6, 6.07) is 12.1. The van der Waals surface area contributed by atoms with Crippen molar-refractivity contribution >= 4 is 57.5 Å². The van der Waals surface area contributed by atoms with Gasteiger partial charge in [0.2, 0.25) is 5.91 Å². The van der Waals surface area contributed by atoms with Crippen LogP contribution >= 0.6 is 35.0 Å². The number of carbonyl (C=O) groups is 1. The van der Waals surface area contributed by atoms with Crippen LogP contribution in [0.1, 0.15) is 19.8 Å². The molecule has 1 N–H and O–H groups in total. The summed E-state index contributed by atoms with van der Waals surface area (Å²) in [5, 5.41) is 4.18. The average Bonchev–Trinajstić information content (AvgIpc) is 3.26. The molecule has 0 aliphatic carbocycles. The van der Waals surface area contributed by atoms with Crippen LogP contribution in [0.5, 0.6) is 0 Å². The second-order valence-corrected chi connectivity index (χ2v) is 9.49. The number of benzene rings is 2. The van der Waals surface area contributed by atoms with Crippen LogP contribution in [0.15, 0.2) is 52.4 Å². The average molecular weight is 478 g/mol. The first-order valence-corrected chi connectivity index (χ1v) is 11.6. The van der Waals surface area contributed by atoms with Gasteiger partial charge in [-0.1, -0.05) is 47.1 Å². The van der Waals surface area contributed by atoms with Crippen molar-refractivity contribution in [3.05, 3.63) is 62.9 Å². The van der Waals surface area contributed by atoms with E-state index in [1.807, 2.05) is 12.1 Å². The third kappa shape index (κ3) is 5.06. The first kappa shape index (κ1) is 22.1. The Bertz CT molecular complexity index is 1180. The number of nitrogens with one attached hydrogen (secondary N) is 1. The van der Waals surface area contributed by atoms with Gasteiger partial charge in [0, 0.05) is 11.6 Å². The molecule has 1 fully saturated rings. The molecule has 0 spiro atoms. The standard InChI is InChI=1S/C22H21Cl2N3O3S/c1-13(20(28)25-19-9-8-14(23)11-17(19)24)31-22-26-18-7-3-2-6-16(18)21(29)27(22)12-15-5-4-10-30-15/h2-3,6-9,11,13,15H,4-5,10,12H2,1H3,(H,25,28). The summed E-state index contributed by atoms with van der Waals surface area (Å²) in [5.74, 6) is -0.250. The highest BCUT2D eigenvalue weighted by Gasteiger charge is 2.23. The zero-order valence-corrected chi connectivity index (χ0v) is 19.1. The summed E-state index contributed by atoms with van der Waals surface area (Å²) in [4.78, 5) is 30.7. The molecule has 162 valence electrons. The number of para-hydroxylation sites is 1. The SMILES string of the molecule is CC(Sc1nc2ccccc2c(=O)n1CC1CCCO1)C(=O)Nc1ccc(Cl)cc1Cl. The number of hydrogen-bond acceptors (Lipinski definition) is 5. The largest absolute Gasteiger partial charge is 0.376 e. The molecule has 6 nitrogen and oxygen atoms in total. The molecule has 9 heteroatoms. The van der Waals surface area contributed by atoms with Gasteiger partial charge in [0.1, 0.15) is 0 Å². The number of amides is 1. The predicted molar refractivity (Wildman–Crippen MR) is 125 cm³/mol. The molecule has 3 aromatic rings. The van der Waals surface area contributed by atoms with E-state index in [1.165, 1.54) is 11.8 Å². The van der Waals surface area contributed by atoms with Gasteiger partial charge in [-0.3, -0.25) is 14.2 Å². The van der Waals surface area contributed by atoms with Crippen LogP contribution in [-0.4, -0.2) is 33.4 Å². The first-order chi connectivity index (χ1) is 14.9. The first-order valence-electron chi connectivity index (χ1n) is 9.96. The minimum Gasteiger partial charge on any atom is -0.376 e. The highest BCUT2D eigenvalue weighted by Crippen LogP contribution is 2.28. The molecule has 2 unspecified atom stereocenters. The van der Waals surface area contributed by atoms with Gasteiger partial charge in [-0.15, -0.1) is 0 Å². The van der Waals surface area contributed by atoms with E-state index in [4.69, 9.17) is 27.9 Å². The van der Waals surface area contributed by atoms with Gasteiger partial charge in [0.15, 0.2) is 5.16 Å². The van der Waals surface area contributed by atoms with Crippen molar-refractivity contribution in [3.63, 3.8) is 0 Å². The molecule has 1 amide bonds. The fourth-order valence-electron chi connectivity index (χ4n) is 3.43. The Kier molecular flexibility index (Phi) is 6.86. The van der Waals surface area contributed by atoms with E-state index in [2.05, 4.69) is 10.3 Å². The van der Waals surface area contributed by atoms with E-state index < -0.39 is 5.25 Å². The Morgan fingerprint density at radius 2 is 2.13 bits per heavy atom. The lowest BCUT2D eigenvalue weighted by Gasteiger charge is -2.18. The van der Waals surface area contributed by atoms with Gasteiger partial charge in [-0.25, -0.2) is 4.98 Å². The molecule has 31 heavy (non-hydrogen) atoms. The van der Waals surface area contributed by atoms with E-state index in [0.29, 0.717) is 44.9 Å². The second kappa shape index (κ2) is 9.61. The Balaban J connectivity index is 1.61. The zero-order chi connectivity index (χ0) is 22.0. The topological polar surface area (TPSA) is 73.2 Å². The van der Waals surface area contributed by atoms with Crippen molar-refractivity contribution in [1.82, 2.24) is 9.55 Å². The van der Waals surface area contributed by atoms with E-state index in [1.54, 1.807) is 41.8 Å². The van der Waals surface area contributed by atoms with E-state index in [0.717, 1.165) is 12.8 Å².